The van der Waals surface area contributed by atoms with Gasteiger partial charge in [-0.3, -0.25) is 14.9 Å². The third-order valence-electron chi connectivity index (χ3n) is 4.40. The van der Waals surface area contributed by atoms with Gasteiger partial charge in [-0.15, -0.1) is 0 Å². The molecule has 0 N–H and O–H groups in total. The van der Waals surface area contributed by atoms with Crippen LogP contribution in [0.1, 0.15) is 50.7 Å². The van der Waals surface area contributed by atoms with Crippen LogP contribution in [0, 0.1) is 10.1 Å². The first-order valence-electron chi connectivity index (χ1n) is 7.94. The number of rotatable bonds is 3. The zero-order chi connectivity index (χ0) is 17.2. The van der Waals surface area contributed by atoms with Crippen LogP contribution in [0.4, 0.5) is 5.69 Å². The fraction of sp³-hybridized carbons (Fsp3) is 0.500. The van der Waals surface area contributed by atoms with E-state index in [4.69, 9.17) is 0 Å². The first-order chi connectivity index (χ1) is 10.7. The Morgan fingerprint density at radius 1 is 1.43 bits per heavy atom. The highest BCUT2D eigenvalue weighted by molar-refractivity contribution is 5.87. The first kappa shape index (κ1) is 17.2. The highest BCUT2D eigenvalue weighted by Gasteiger charge is 2.29. The molecule has 1 fully saturated rings. The van der Waals surface area contributed by atoms with Crippen LogP contribution in [0.3, 0.4) is 0 Å². The summed E-state index contributed by atoms with van der Waals surface area (Å²) >= 11 is 0. The van der Waals surface area contributed by atoms with E-state index >= 15 is 0 Å². The minimum Gasteiger partial charge on any atom is -0.339 e. The van der Waals surface area contributed by atoms with Gasteiger partial charge in [0.1, 0.15) is 0 Å². The van der Waals surface area contributed by atoms with E-state index in [9.17, 15) is 14.9 Å². The van der Waals surface area contributed by atoms with Crippen molar-refractivity contribution in [2.24, 2.45) is 0 Å². The van der Waals surface area contributed by atoms with E-state index in [1.165, 1.54) is 6.08 Å². The number of nitro groups is 1. The molecule has 0 saturated carbocycles. The molecule has 0 aliphatic carbocycles. The molecule has 23 heavy (non-hydrogen) atoms. The standard InChI is InChI=1S/C18H24N2O3/c1-5-17(21)19-10-6-7-13(12-19)15-11-14(20(22)23)8-9-16(15)18(2,3)4/h5,8-9,11,13H,1,6-7,10,12H2,2-4H3. The summed E-state index contributed by atoms with van der Waals surface area (Å²) in [4.78, 5) is 24.5. The molecule has 1 heterocycles. The molecule has 0 bridgehead atoms. The van der Waals surface area contributed by atoms with Crippen LogP contribution in [0.2, 0.25) is 0 Å². The van der Waals surface area contributed by atoms with E-state index in [1.54, 1.807) is 17.0 Å². The summed E-state index contributed by atoms with van der Waals surface area (Å²) in [5.74, 6) is 0.0548. The zero-order valence-corrected chi connectivity index (χ0v) is 14.0. The highest BCUT2D eigenvalue weighted by atomic mass is 16.6. The second kappa shape index (κ2) is 6.52. The van der Waals surface area contributed by atoms with Crippen LogP contribution in [-0.4, -0.2) is 28.8 Å². The Labute approximate surface area is 137 Å². The van der Waals surface area contributed by atoms with Gasteiger partial charge in [0, 0.05) is 31.1 Å². The van der Waals surface area contributed by atoms with Gasteiger partial charge in [0.05, 0.1) is 4.92 Å². The second-order valence-electron chi connectivity index (χ2n) is 7.11. The van der Waals surface area contributed by atoms with Crippen molar-refractivity contribution in [2.75, 3.05) is 13.1 Å². The van der Waals surface area contributed by atoms with E-state index < -0.39 is 0 Å². The number of piperidine rings is 1. The van der Waals surface area contributed by atoms with Crippen molar-refractivity contribution in [3.05, 3.63) is 52.1 Å². The Morgan fingerprint density at radius 3 is 2.70 bits per heavy atom. The lowest BCUT2D eigenvalue weighted by atomic mass is 9.77. The monoisotopic (exact) mass is 316 g/mol. The Hall–Kier alpha value is -2.17. The maximum atomic E-state index is 11.9. The van der Waals surface area contributed by atoms with E-state index in [1.807, 2.05) is 6.07 Å². The number of hydrogen-bond acceptors (Lipinski definition) is 3. The quantitative estimate of drug-likeness (QED) is 0.484. The molecule has 1 aromatic carbocycles. The molecule has 1 aliphatic rings. The molecule has 2 rings (SSSR count). The van der Waals surface area contributed by atoms with Crippen molar-refractivity contribution < 1.29 is 9.72 Å². The van der Waals surface area contributed by atoms with Gasteiger partial charge in [0.2, 0.25) is 5.91 Å². The third kappa shape index (κ3) is 3.78. The number of carbonyl (C=O) groups excluding carboxylic acids is 1. The lowest BCUT2D eigenvalue weighted by Crippen LogP contribution is -2.38. The zero-order valence-electron chi connectivity index (χ0n) is 14.0. The first-order valence-corrected chi connectivity index (χ1v) is 7.94. The van der Waals surface area contributed by atoms with Crippen LogP contribution in [-0.2, 0) is 10.2 Å². The SMILES string of the molecule is C=CC(=O)N1CCCC(c2cc([N+](=O)[O-])ccc2C(C)(C)C)C1. The highest BCUT2D eigenvalue weighted by Crippen LogP contribution is 2.37. The predicted molar refractivity (Wildman–Crippen MR) is 90.5 cm³/mol. The maximum absolute atomic E-state index is 11.9. The summed E-state index contributed by atoms with van der Waals surface area (Å²) in [6, 6.07) is 5.12. The summed E-state index contributed by atoms with van der Waals surface area (Å²) in [6.45, 7) is 11.2. The van der Waals surface area contributed by atoms with E-state index in [2.05, 4.69) is 27.4 Å². The van der Waals surface area contributed by atoms with E-state index in [-0.39, 0.29) is 27.9 Å². The fourth-order valence-corrected chi connectivity index (χ4v) is 3.24. The molecule has 0 spiro atoms. The van der Waals surface area contributed by atoms with Gasteiger partial charge in [-0.05, 0) is 35.5 Å². The predicted octanol–water partition coefficient (Wildman–Crippen LogP) is 3.78. The molecule has 0 radical (unpaired) electrons. The molecule has 5 nitrogen and oxygen atoms in total. The third-order valence-corrected chi connectivity index (χ3v) is 4.40. The van der Waals surface area contributed by atoms with Crippen molar-refractivity contribution in [3.63, 3.8) is 0 Å². The molecular weight excluding hydrogens is 292 g/mol. The van der Waals surface area contributed by atoms with Crippen LogP contribution in [0.15, 0.2) is 30.9 Å². The normalized spacial score (nSPS) is 18.6. The molecular formula is C18H24N2O3. The Morgan fingerprint density at radius 2 is 2.13 bits per heavy atom. The lowest BCUT2D eigenvalue weighted by molar-refractivity contribution is -0.385. The van der Waals surface area contributed by atoms with Gasteiger partial charge in [0.15, 0.2) is 0 Å². The van der Waals surface area contributed by atoms with Gasteiger partial charge in [0.25, 0.3) is 5.69 Å². The van der Waals surface area contributed by atoms with Crippen molar-refractivity contribution in [2.45, 2.75) is 44.9 Å². The smallest absolute Gasteiger partial charge is 0.269 e. The maximum Gasteiger partial charge on any atom is 0.269 e. The number of nitro benzene ring substituents is 1. The molecule has 0 aromatic heterocycles. The van der Waals surface area contributed by atoms with Crippen LogP contribution >= 0.6 is 0 Å². The van der Waals surface area contributed by atoms with Crippen molar-refractivity contribution in [1.82, 2.24) is 4.90 Å². The van der Waals surface area contributed by atoms with E-state index in [0.717, 1.165) is 30.5 Å². The number of likely N-dealkylation sites (tertiary alicyclic amines) is 1. The minimum absolute atomic E-state index is 0.0718. The molecule has 1 atom stereocenters. The Kier molecular flexibility index (Phi) is 4.88. The lowest BCUT2D eigenvalue weighted by Gasteiger charge is -2.35. The van der Waals surface area contributed by atoms with Crippen LogP contribution < -0.4 is 0 Å². The summed E-state index contributed by atoms with van der Waals surface area (Å²) in [5, 5.41) is 11.1. The number of non-ortho nitro benzene ring substituents is 1. The van der Waals surface area contributed by atoms with Crippen molar-refractivity contribution >= 4 is 11.6 Å². The van der Waals surface area contributed by atoms with Crippen LogP contribution in [0.5, 0.6) is 0 Å². The van der Waals surface area contributed by atoms with Gasteiger partial charge < -0.3 is 4.90 Å². The number of benzene rings is 1. The Bertz CT molecular complexity index is 632. The molecule has 1 unspecified atom stereocenters. The van der Waals surface area contributed by atoms with Gasteiger partial charge >= 0.3 is 0 Å². The van der Waals surface area contributed by atoms with Gasteiger partial charge in [-0.25, -0.2) is 0 Å². The summed E-state index contributed by atoms with van der Waals surface area (Å²) in [7, 11) is 0. The molecule has 1 aliphatic heterocycles. The average molecular weight is 316 g/mol. The average Bonchev–Trinajstić information content (AvgIpc) is 2.52. The summed E-state index contributed by atoms with van der Waals surface area (Å²) < 4.78 is 0. The van der Waals surface area contributed by atoms with E-state index in [0.29, 0.717) is 6.54 Å². The molecule has 1 aromatic rings. The largest absolute Gasteiger partial charge is 0.339 e. The summed E-state index contributed by atoms with van der Waals surface area (Å²) in [5.41, 5.74) is 2.12. The topological polar surface area (TPSA) is 63.5 Å². The number of hydrogen-bond donors (Lipinski definition) is 0. The molecule has 124 valence electrons. The molecule has 1 saturated heterocycles. The van der Waals surface area contributed by atoms with Crippen LogP contribution in [0.25, 0.3) is 0 Å². The van der Waals surface area contributed by atoms with Gasteiger partial charge in [-0.2, -0.15) is 0 Å². The molecule has 5 heteroatoms. The summed E-state index contributed by atoms with van der Waals surface area (Å²) in [6.07, 6.45) is 3.17. The van der Waals surface area contributed by atoms with Crippen molar-refractivity contribution in [1.29, 1.82) is 0 Å². The second-order valence-corrected chi connectivity index (χ2v) is 7.11. The number of amides is 1. The fourth-order valence-electron chi connectivity index (χ4n) is 3.24. The molecule has 1 amide bonds. The minimum atomic E-state index is -0.356. The Balaban J connectivity index is 2.43. The number of carbonyl (C=O) groups is 1. The van der Waals surface area contributed by atoms with Gasteiger partial charge in [-0.1, -0.05) is 33.4 Å². The van der Waals surface area contributed by atoms with Crippen molar-refractivity contribution in [3.8, 4) is 0 Å². The number of nitrogens with zero attached hydrogens (tertiary/aromatic N) is 2.